The Morgan fingerprint density at radius 3 is 1.50 bits per heavy atom. The van der Waals surface area contributed by atoms with E-state index in [0.29, 0.717) is 10.0 Å². The molecule has 1 aromatic rings. The summed E-state index contributed by atoms with van der Waals surface area (Å²) in [7, 11) is 0. The molecule has 34 heavy (non-hydrogen) atoms. The van der Waals surface area contributed by atoms with Gasteiger partial charge >= 0.3 is 24.2 Å². The second-order valence-electron chi connectivity index (χ2n) is 10.5. The van der Waals surface area contributed by atoms with E-state index in [0.717, 1.165) is 5.56 Å². The molecule has 0 aliphatic rings. The number of amides is 3. The van der Waals surface area contributed by atoms with E-state index in [4.69, 9.17) is 18.9 Å². The minimum Gasteiger partial charge on any atom is -0.459 e. The molecule has 0 spiro atoms. The first-order chi connectivity index (χ1) is 15.4. The number of ether oxygens (including phenoxy) is 4. The first-order valence-electron chi connectivity index (χ1n) is 10.8. The third-order valence-electron chi connectivity index (χ3n) is 3.50. The second kappa shape index (κ2) is 11.2. The Morgan fingerprint density at radius 1 is 0.676 bits per heavy atom. The molecule has 1 aromatic carbocycles. The van der Waals surface area contributed by atoms with Crippen molar-refractivity contribution in [3.63, 3.8) is 0 Å². The maximum atomic E-state index is 13.0. The molecule has 0 heterocycles. The van der Waals surface area contributed by atoms with E-state index < -0.39 is 47.6 Å². The van der Waals surface area contributed by atoms with Gasteiger partial charge in [0.2, 0.25) is 0 Å². The summed E-state index contributed by atoms with van der Waals surface area (Å²) in [5.74, 6) is -0.883. The molecule has 0 unspecified atom stereocenters. The highest BCUT2D eigenvalue weighted by Crippen LogP contribution is 2.19. The maximum absolute atomic E-state index is 13.0. The fourth-order valence-electron chi connectivity index (χ4n) is 2.32. The van der Waals surface area contributed by atoms with Gasteiger partial charge in [-0.05, 0) is 67.9 Å². The van der Waals surface area contributed by atoms with Crippen LogP contribution in [0.25, 0.3) is 0 Å². The largest absolute Gasteiger partial charge is 0.459 e. The summed E-state index contributed by atoms with van der Waals surface area (Å²) in [4.78, 5) is 51.5. The van der Waals surface area contributed by atoms with Crippen molar-refractivity contribution >= 4 is 24.2 Å². The van der Waals surface area contributed by atoms with Gasteiger partial charge in [-0.15, -0.1) is 5.01 Å². The lowest BCUT2D eigenvalue weighted by atomic mass is 10.2. The molecule has 0 atom stereocenters. The van der Waals surface area contributed by atoms with Crippen LogP contribution in [0.1, 0.15) is 67.9 Å². The lowest BCUT2D eigenvalue weighted by Gasteiger charge is -2.35. The van der Waals surface area contributed by atoms with E-state index in [2.05, 4.69) is 0 Å². The molecule has 1 rings (SSSR count). The van der Waals surface area contributed by atoms with Crippen LogP contribution in [0, 0.1) is 0 Å². The topological polar surface area (TPSA) is 112 Å². The van der Waals surface area contributed by atoms with E-state index >= 15 is 0 Å². The van der Waals surface area contributed by atoms with Gasteiger partial charge in [0.1, 0.15) is 30.0 Å². The molecular weight excluding hydrogens is 444 g/mol. The lowest BCUT2D eigenvalue weighted by molar-refractivity contribution is -0.150. The molecule has 0 fully saturated rings. The smallest absolute Gasteiger partial charge is 0.439 e. The van der Waals surface area contributed by atoms with Gasteiger partial charge in [0.25, 0.3) is 0 Å². The zero-order valence-corrected chi connectivity index (χ0v) is 21.5. The molecular formula is C24H36N2O8. The Morgan fingerprint density at radius 2 is 1.09 bits per heavy atom. The van der Waals surface area contributed by atoms with Gasteiger partial charge in [-0.3, -0.25) is 4.79 Å². The van der Waals surface area contributed by atoms with Crippen molar-refractivity contribution in [3.8, 4) is 0 Å². The van der Waals surface area contributed by atoms with E-state index in [-0.39, 0.29) is 6.61 Å². The van der Waals surface area contributed by atoms with Crippen molar-refractivity contribution in [2.75, 3.05) is 6.54 Å². The van der Waals surface area contributed by atoms with Crippen LogP contribution in [-0.2, 0) is 30.3 Å². The summed E-state index contributed by atoms with van der Waals surface area (Å²) >= 11 is 0. The third-order valence-corrected chi connectivity index (χ3v) is 3.50. The van der Waals surface area contributed by atoms with Crippen molar-refractivity contribution in [3.05, 3.63) is 35.9 Å². The van der Waals surface area contributed by atoms with Gasteiger partial charge in [-0.1, -0.05) is 30.3 Å². The van der Waals surface area contributed by atoms with Crippen LogP contribution in [0.4, 0.5) is 14.4 Å². The summed E-state index contributed by atoms with van der Waals surface area (Å²) in [5, 5.41) is 0.828. The van der Waals surface area contributed by atoms with E-state index in [1.807, 2.05) is 6.07 Å². The molecule has 0 N–H and O–H groups in total. The monoisotopic (exact) mass is 480 g/mol. The number of benzene rings is 1. The number of hydrogen-bond donors (Lipinski definition) is 0. The van der Waals surface area contributed by atoms with Gasteiger partial charge in [0, 0.05) is 0 Å². The van der Waals surface area contributed by atoms with Crippen LogP contribution in [0.2, 0.25) is 0 Å². The molecule has 0 saturated carbocycles. The molecule has 0 aliphatic carbocycles. The molecule has 190 valence electrons. The number of carbonyl (C=O) groups is 4. The highest BCUT2D eigenvalue weighted by molar-refractivity contribution is 5.91. The van der Waals surface area contributed by atoms with Gasteiger partial charge < -0.3 is 18.9 Å². The number of hydrogen-bond acceptors (Lipinski definition) is 8. The summed E-state index contributed by atoms with van der Waals surface area (Å²) < 4.78 is 21.1. The van der Waals surface area contributed by atoms with Crippen LogP contribution in [0.5, 0.6) is 0 Å². The molecule has 3 amide bonds. The zero-order chi connectivity index (χ0) is 26.3. The Bertz CT molecular complexity index is 836. The van der Waals surface area contributed by atoms with Crippen LogP contribution in [0.15, 0.2) is 30.3 Å². The second-order valence-corrected chi connectivity index (χ2v) is 10.5. The molecule has 10 heteroatoms. The number of esters is 1. The van der Waals surface area contributed by atoms with Crippen molar-refractivity contribution in [1.29, 1.82) is 0 Å². The van der Waals surface area contributed by atoms with Gasteiger partial charge in [0.15, 0.2) is 0 Å². The summed E-state index contributed by atoms with van der Waals surface area (Å²) in [6.07, 6.45) is -3.58. The first kappa shape index (κ1) is 28.7. The highest BCUT2D eigenvalue weighted by Gasteiger charge is 2.41. The van der Waals surface area contributed by atoms with Crippen molar-refractivity contribution in [1.82, 2.24) is 10.0 Å². The average Bonchev–Trinajstić information content (AvgIpc) is 2.62. The zero-order valence-electron chi connectivity index (χ0n) is 21.5. The summed E-state index contributed by atoms with van der Waals surface area (Å²) in [5.41, 5.74) is -2.29. The lowest BCUT2D eigenvalue weighted by Crippen LogP contribution is -2.57. The average molecular weight is 481 g/mol. The van der Waals surface area contributed by atoms with Crippen LogP contribution < -0.4 is 0 Å². The highest BCUT2D eigenvalue weighted by atomic mass is 16.6. The van der Waals surface area contributed by atoms with E-state index in [1.165, 1.54) is 0 Å². The van der Waals surface area contributed by atoms with Crippen molar-refractivity contribution in [2.24, 2.45) is 0 Å². The Hall–Kier alpha value is -3.30. The predicted molar refractivity (Wildman–Crippen MR) is 123 cm³/mol. The minimum absolute atomic E-state index is 0.0687. The Labute approximate surface area is 201 Å². The standard InChI is InChI=1S/C24H36N2O8/c1-22(2,3)32-19(28)25(15-18(27)31-16-17-13-11-10-12-14-17)26(20(29)33-23(4,5)6)21(30)34-24(7,8)9/h10-14H,15-16H2,1-9H3. The number of hydrazine groups is 1. The number of nitrogens with zero attached hydrogens (tertiary/aromatic N) is 2. The van der Waals surface area contributed by atoms with Crippen LogP contribution in [-0.4, -0.2) is 57.6 Å². The predicted octanol–water partition coefficient (Wildman–Crippen LogP) is 5.05. The number of rotatable bonds is 4. The Balaban J connectivity index is 3.28. The van der Waals surface area contributed by atoms with Crippen molar-refractivity contribution in [2.45, 2.75) is 85.7 Å². The molecule has 0 aliphatic heterocycles. The van der Waals surface area contributed by atoms with Crippen molar-refractivity contribution < 1.29 is 38.1 Å². The minimum atomic E-state index is -1.22. The van der Waals surface area contributed by atoms with Crippen LogP contribution in [0.3, 0.4) is 0 Å². The number of carbonyl (C=O) groups excluding carboxylic acids is 4. The maximum Gasteiger partial charge on any atom is 0.439 e. The SMILES string of the molecule is CC(C)(C)OC(=O)N(CC(=O)OCc1ccccc1)N(C(=O)OC(C)(C)C)C(=O)OC(C)(C)C. The van der Waals surface area contributed by atoms with E-state index in [1.54, 1.807) is 86.6 Å². The first-order valence-corrected chi connectivity index (χ1v) is 10.8. The van der Waals surface area contributed by atoms with Gasteiger partial charge in [-0.25, -0.2) is 14.4 Å². The normalized spacial score (nSPS) is 11.8. The Kier molecular flexibility index (Phi) is 9.48. The molecule has 0 saturated heterocycles. The quantitative estimate of drug-likeness (QED) is 0.334. The van der Waals surface area contributed by atoms with E-state index in [9.17, 15) is 19.2 Å². The molecule has 10 nitrogen and oxygen atoms in total. The molecule has 0 bridgehead atoms. The van der Waals surface area contributed by atoms with Crippen LogP contribution >= 0.6 is 0 Å². The summed E-state index contributed by atoms with van der Waals surface area (Å²) in [6.45, 7) is 13.4. The van der Waals surface area contributed by atoms with Gasteiger partial charge in [0.05, 0.1) is 0 Å². The molecule has 0 aromatic heterocycles. The fraction of sp³-hybridized carbons (Fsp3) is 0.583. The molecule has 0 radical (unpaired) electrons. The fourth-order valence-corrected chi connectivity index (χ4v) is 2.32. The summed E-state index contributed by atoms with van der Waals surface area (Å²) in [6, 6.07) is 8.89. The number of imide groups is 1. The van der Waals surface area contributed by atoms with Gasteiger partial charge in [-0.2, -0.15) is 5.01 Å². The third kappa shape index (κ3) is 11.0.